The smallest absolute Gasteiger partial charge is 0.0806 e. The normalized spacial score (nSPS) is 24.9. The van der Waals surface area contributed by atoms with E-state index in [0.717, 1.165) is 19.6 Å². The molecule has 0 N–H and O–H groups in total. The average molecular weight is 235 g/mol. The molecule has 0 aliphatic carbocycles. The summed E-state index contributed by atoms with van der Waals surface area (Å²) >= 11 is 0. The second-order valence-corrected chi connectivity index (χ2v) is 3.81. The number of ether oxygens (including phenoxy) is 1. The number of hydrogen-bond donors (Lipinski definition) is 0. The Hall–Kier alpha value is -0.150. The van der Waals surface area contributed by atoms with E-state index in [1.165, 1.54) is 19.4 Å². The highest BCUT2D eigenvalue weighted by Gasteiger charge is 2.32. The molecule has 0 amide bonds. The number of piperidine rings is 1. The van der Waals surface area contributed by atoms with Crippen LogP contribution >= 0.6 is 0 Å². The zero-order valence-electron chi connectivity index (χ0n) is 12.0. The molecule has 1 atom stereocenters. The van der Waals surface area contributed by atoms with Gasteiger partial charge >= 0.3 is 0 Å². The zero-order chi connectivity index (χ0) is 13.0. The molecule has 1 aliphatic heterocycles. The average Bonchev–Trinajstić information content (AvgIpc) is 2.35. The van der Waals surface area contributed by atoms with E-state index >= 15 is 0 Å². The van der Waals surface area contributed by atoms with Crippen LogP contribution in [0.15, 0.2) is 0 Å². The van der Waals surface area contributed by atoms with Crippen molar-refractivity contribution in [3.8, 4) is 0 Å². The summed E-state index contributed by atoms with van der Waals surface area (Å²) in [4.78, 5) is 2.38. The van der Waals surface area contributed by atoms with E-state index in [0.29, 0.717) is 7.18 Å². The molecule has 1 rings (SSSR count). The summed E-state index contributed by atoms with van der Waals surface area (Å²) in [5.41, 5.74) is 0.168. The highest BCUT2D eigenvalue weighted by Crippen LogP contribution is 2.27. The van der Waals surface area contributed by atoms with Gasteiger partial charge in [0.15, 0.2) is 0 Å². The second-order valence-electron chi connectivity index (χ2n) is 3.81. The summed E-state index contributed by atoms with van der Waals surface area (Å²) in [6.07, 6.45) is 3.66. The molecule has 1 aliphatic rings. The van der Waals surface area contributed by atoms with Gasteiger partial charge in [0.1, 0.15) is 0 Å². The van der Waals surface area contributed by atoms with Crippen molar-refractivity contribution in [3.63, 3.8) is 0 Å². The quantitative estimate of drug-likeness (QED) is 0.742. The van der Waals surface area contributed by atoms with Crippen LogP contribution in [0, 0.1) is 0 Å². The van der Waals surface area contributed by atoms with Gasteiger partial charge in [0.05, 0.1) is 12.8 Å². The second kappa shape index (κ2) is 11.3. The van der Waals surface area contributed by atoms with Crippen molar-refractivity contribution >= 4 is 0 Å². The largest absolute Gasteiger partial charge is 0.374 e. The molecule has 0 bridgehead atoms. The number of likely N-dealkylation sites (N-methyl/N-ethyl adjacent to an activating group) is 1. The Bertz CT molecular complexity index is 140. The molecular formula is C13H30FNO. The van der Waals surface area contributed by atoms with Crippen LogP contribution in [0.3, 0.4) is 0 Å². The fourth-order valence-electron chi connectivity index (χ4n) is 2.14. The number of rotatable bonds is 3. The number of alkyl halides is 1. The number of nitrogens with zero attached hydrogens (tertiary/aromatic N) is 1. The standard InChI is InChI=1S/C10H21NO.C2H6.CH3F/c1-4-10(12-5-2)7-6-8-11(3)9-10;2*1-2/h4-9H2,1-3H3;1-2H3;1H3. The van der Waals surface area contributed by atoms with Gasteiger partial charge in [-0.1, -0.05) is 20.8 Å². The zero-order valence-corrected chi connectivity index (χ0v) is 12.0. The maximum atomic E-state index is 9.50. The van der Waals surface area contributed by atoms with Crippen LogP contribution in [0.1, 0.15) is 47.0 Å². The SMILES string of the molecule is CC.CCOC1(CC)CCCN(C)C1.CF. The summed E-state index contributed by atoms with van der Waals surface area (Å²) in [6.45, 7) is 11.5. The molecular weight excluding hydrogens is 205 g/mol. The first-order chi connectivity index (χ1) is 7.72. The summed E-state index contributed by atoms with van der Waals surface area (Å²) in [5.74, 6) is 0. The lowest BCUT2D eigenvalue weighted by molar-refractivity contribution is -0.0830. The van der Waals surface area contributed by atoms with Gasteiger partial charge in [0, 0.05) is 13.2 Å². The predicted molar refractivity (Wildman–Crippen MR) is 69.8 cm³/mol. The van der Waals surface area contributed by atoms with E-state index in [1.54, 1.807) is 0 Å². The van der Waals surface area contributed by atoms with Crippen molar-refractivity contribution in [3.05, 3.63) is 0 Å². The maximum Gasteiger partial charge on any atom is 0.0806 e. The van der Waals surface area contributed by atoms with Gasteiger partial charge in [0.2, 0.25) is 0 Å². The van der Waals surface area contributed by atoms with Gasteiger partial charge in [0.25, 0.3) is 0 Å². The predicted octanol–water partition coefficient (Wildman–Crippen LogP) is 3.51. The van der Waals surface area contributed by atoms with Gasteiger partial charge in [-0.3, -0.25) is 4.39 Å². The lowest BCUT2D eigenvalue weighted by atomic mass is 9.90. The fraction of sp³-hybridized carbons (Fsp3) is 1.00. The molecule has 0 aromatic rings. The molecule has 0 radical (unpaired) electrons. The third kappa shape index (κ3) is 6.44. The van der Waals surface area contributed by atoms with Crippen molar-refractivity contribution < 1.29 is 9.13 Å². The highest BCUT2D eigenvalue weighted by atomic mass is 19.1. The molecule has 3 heteroatoms. The van der Waals surface area contributed by atoms with E-state index < -0.39 is 0 Å². The molecule has 16 heavy (non-hydrogen) atoms. The lowest BCUT2D eigenvalue weighted by Crippen LogP contribution is -2.47. The molecule has 1 heterocycles. The minimum Gasteiger partial charge on any atom is -0.374 e. The van der Waals surface area contributed by atoms with Crippen molar-refractivity contribution in [2.45, 2.75) is 52.6 Å². The molecule has 1 saturated heterocycles. The van der Waals surface area contributed by atoms with Crippen LogP contribution in [-0.2, 0) is 4.74 Å². The van der Waals surface area contributed by atoms with Crippen LogP contribution in [0.4, 0.5) is 4.39 Å². The minimum atomic E-state index is 0.168. The van der Waals surface area contributed by atoms with Gasteiger partial charge < -0.3 is 9.64 Å². The Morgan fingerprint density at radius 1 is 1.25 bits per heavy atom. The Balaban J connectivity index is 0. The van der Waals surface area contributed by atoms with Gasteiger partial charge in [-0.15, -0.1) is 0 Å². The third-order valence-corrected chi connectivity index (χ3v) is 2.83. The molecule has 0 aromatic heterocycles. The Labute approximate surface area is 101 Å². The summed E-state index contributed by atoms with van der Waals surface area (Å²) < 4.78 is 15.3. The third-order valence-electron chi connectivity index (χ3n) is 2.83. The fourth-order valence-corrected chi connectivity index (χ4v) is 2.14. The van der Waals surface area contributed by atoms with E-state index in [9.17, 15) is 4.39 Å². The molecule has 0 spiro atoms. The number of halogens is 1. The van der Waals surface area contributed by atoms with E-state index in [-0.39, 0.29) is 5.60 Å². The maximum absolute atomic E-state index is 9.50. The van der Waals surface area contributed by atoms with E-state index in [4.69, 9.17) is 4.74 Å². The first-order valence-electron chi connectivity index (χ1n) is 6.43. The van der Waals surface area contributed by atoms with Crippen molar-refractivity contribution in [2.24, 2.45) is 0 Å². The molecule has 2 nitrogen and oxygen atoms in total. The molecule has 1 fully saturated rings. The Kier molecular flexibility index (Phi) is 12.9. The first-order valence-corrected chi connectivity index (χ1v) is 6.43. The van der Waals surface area contributed by atoms with Gasteiger partial charge in [-0.25, -0.2) is 0 Å². The summed E-state index contributed by atoms with van der Waals surface area (Å²) in [6, 6.07) is 0. The number of likely N-dealkylation sites (tertiary alicyclic amines) is 1. The monoisotopic (exact) mass is 235 g/mol. The molecule has 1 unspecified atom stereocenters. The van der Waals surface area contributed by atoms with E-state index in [2.05, 4.69) is 25.8 Å². The Morgan fingerprint density at radius 2 is 1.81 bits per heavy atom. The van der Waals surface area contributed by atoms with E-state index in [1.807, 2.05) is 13.8 Å². The van der Waals surface area contributed by atoms with Gasteiger partial charge in [-0.2, -0.15) is 0 Å². The van der Waals surface area contributed by atoms with Crippen molar-refractivity contribution in [1.82, 2.24) is 4.90 Å². The Morgan fingerprint density at radius 3 is 2.19 bits per heavy atom. The van der Waals surface area contributed by atoms with Crippen LogP contribution < -0.4 is 0 Å². The molecule has 0 aromatic carbocycles. The lowest BCUT2D eigenvalue weighted by Gasteiger charge is -2.40. The first kappa shape index (κ1) is 18.2. The highest BCUT2D eigenvalue weighted by molar-refractivity contribution is 4.86. The van der Waals surface area contributed by atoms with Crippen LogP contribution in [-0.4, -0.2) is 44.4 Å². The van der Waals surface area contributed by atoms with Gasteiger partial charge in [-0.05, 0) is 39.8 Å². The van der Waals surface area contributed by atoms with Crippen molar-refractivity contribution in [2.75, 3.05) is 33.9 Å². The summed E-state index contributed by atoms with van der Waals surface area (Å²) in [5, 5.41) is 0. The minimum absolute atomic E-state index is 0.168. The molecule has 0 saturated carbocycles. The van der Waals surface area contributed by atoms with Crippen LogP contribution in [0.2, 0.25) is 0 Å². The van der Waals surface area contributed by atoms with Crippen LogP contribution in [0.25, 0.3) is 0 Å². The topological polar surface area (TPSA) is 12.5 Å². The molecule has 100 valence electrons. The number of hydrogen-bond acceptors (Lipinski definition) is 2. The van der Waals surface area contributed by atoms with Crippen LogP contribution in [0.5, 0.6) is 0 Å². The van der Waals surface area contributed by atoms with Crippen molar-refractivity contribution in [1.29, 1.82) is 0 Å². The summed E-state index contributed by atoms with van der Waals surface area (Å²) in [7, 11) is 2.68.